The van der Waals surface area contributed by atoms with Gasteiger partial charge >= 0.3 is 0 Å². The Bertz CT molecular complexity index is 533. The first-order valence-electron chi connectivity index (χ1n) is 6.64. The smallest absolute Gasteiger partial charge is 0.157 e. The Morgan fingerprint density at radius 3 is 1.85 bits per heavy atom. The van der Waals surface area contributed by atoms with Gasteiger partial charge in [0.1, 0.15) is 0 Å². The second-order valence-corrected chi connectivity index (χ2v) is 4.82. The summed E-state index contributed by atoms with van der Waals surface area (Å²) in [5, 5.41) is 22.5. The summed E-state index contributed by atoms with van der Waals surface area (Å²) in [6.45, 7) is 2.04. The molecule has 0 amide bonds. The van der Waals surface area contributed by atoms with Crippen molar-refractivity contribution in [1.29, 1.82) is 5.26 Å². The quantitative estimate of drug-likeness (QED) is 0.874. The van der Waals surface area contributed by atoms with Crippen LogP contribution in [0.1, 0.15) is 18.1 Å². The molecule has 0 aliphatic carbocycles. The predicted molar refractivity (Wildman–Crippen MR) is 79.0 cm³/mol. The van der Waals surface area contributed by atoms with Crippen molar-refractivity contribution in [2.24, 2.45) is 0 Å². The van der Waals surface area contributed by atoms with E-state index in [2.05, 4.69) is 11.4 Å². The number of nitriles is 1. The Labute approximate surface area is 119 Å². The Balaban J connectivity index is 2.50. The molecule has 2 aromatic carbocycles. The molecule has 0 radical (unpaired) electrons. The van der Waals surface area contributed by atoms with Crippen LogP contribution in [-0.4, -0.2) is 17.8 Å². The van der Waals surface area contributed by atoms with Gasteiger partial charge in [0.05, 0.1) is 12.2 Å². The van der Waals surface area contributed by atoms with E-state index in [0.29, 0.717) is 6.54 Å². The fourth-order valence-electron chi connectivity index (χ4n) is 2.22. The van der Waals surface area contributed by atoms with E-state index in [4.69, 9.17) is 0 Å². The van der Waals surface area contributed by atoms with Crippen molar-refractivity contribution in [3.8, 4) is 6.07 Å². The first-order valence-corrected chi connectivity index (χ1v) is 6.64. The standard InChI is InChI=1S/C17H18N2O/c1-14(20)12-19-17(13-18,15-8-4-2-5-9-15)16-10-6-3-7-11-16/h2-11,14,19-20H,12H2,1H3. The molecule has 0 aromatic heterocycles. The van der Waals surface area contributed by atoms with Gasteiger partial charge in [0.15, 0.2) is 5.54 Å². The predicted octanol–water partition coefficient (Wildman–Crippen LogP) is 2.42. The van der Waals surface area contributed by atoms with E-state index in [9.17, 15) is 10.4 Å². The molecule has 2 rings (SSSR count). The minimum atomic E-state index is -0.945. The molecule has 0 saturated heterocycles. The molecule has 2 N–H and O–H groups in total. The van der Waals surface area contributed by atoms with E-state index in [1.54, 1.807) is 6.92 Å². The Morgan fingerprint density at radius 1 is 1.05 bits per heavy atom. The third-order valence-corrected chi connectivity index (χ3v) is 3.24. The largest absolute Gasteiger partial charge is 0.392 e. The van der Waals surface area contributed by atoms with Gasteiger partial charge in [0, 0.05) is 6.54 Å². The van der Waals surface area contributed by atoms with Gasteiger partial charge in [0.2, 0.25) is 0 Å². The van der Waals surface area contributed by atoms with Gasteiger partial charge in [-0.05, 0) is 18.1 Å². The molecule has 0 saturated carbocycles. The first-order chi connectivity index (χ1) is 9.69. The molecule has 1 atom stereocenters. The highest BCUT2D eigenvalue weighted by atomic mass is 16.3. The minimum Gasteiger partial charge on any atom is -0.392 e. The van der Waals surface area contributed by atoms with Crippen LogP contribution in [0.15, 0.2) is 60.7 Å². The van der Waals surface area contributed by atoms with E-state index in [0.717, 1.165) is 11.1 Å². The molecular formula is C17H18N2O. The summed E-state index contributed by atoms with van der Waals surface area (Å²) in [4.78, 5) is 0. The zero-order valence-corrected chi connectivity index (χ0v) is 11.5. The van der Waals surface area contributed by atoms with Crippen LogP contribution in [0.25, 0.3) is 0 Å². The zero-order chi connectivity index (χ0) is 14.4. The van der Waals surface area contributed by atoms with E-state index < -0.39 is 11.6 Å². The Morgan fingerprint density at radius 2 is 1.50 bits per heavy atom. The molecule has 0 bridgehead atoms. The maximum absolute atomic E-state index is 9.80. The molecule has 0 aliphatic rings. The summed E-state index contributed by atoms with van der Waals surface area (Å²) in [6.07, 6.45) is -0.518. The van der Waals surface area contributed by atoms with Gasteiger partial charge in [-0.25, -0.2) is 0 Å². The van der Waals surface area contributed by atoms with Crippen molar-refractivity contribution in [2.75, 3.05) is 6.54 Å². The third-order valence-electron chi connectivity index (χ3n) is 3.24. The highest BCUT2D eigenvalue weighted by Crippen LogP contribution is 2.28. The number of hydrogen-bond donors (Lipinski definition) is 2. The maximum Gasteiger partial charge on any atom is 0.157 e. The van der Waals surface area contributed by atoms with Gasteiger partial charge in [-0.1, -0.05) is 60.7 Å². The van der Waals surface area contributed by atoms with Crippen LogP contribution in [0.5, 0.6) is 0 Å². The summed E-state index contributed by atoms with van der Waals surface area (Å²) in [5.41, 5.74) is 0.795. The normalized spacial score (nSPS) is 12.7. The molecule has 2 aromatic rings. The summed E-state index contributed by atoms with van der Waals surface area (Å²) >= 11 is 0. The van der Waals surface area contributed by atoms with Crippen LogP contribution in [0.3, 0.4) is 0 Å². The number of aliphatic hydroxyl groups excluding tert-OH is 1. The molecule has 3 nitrogen and oxygen atoms in total. The third kappa shape index (κ3) is 2.88. The lowest BCUT2D eigenvalue weighted by Gasteiger charge is -2.29. The maximum atomic E-state index is 9.80. The topological polar surface area (TPSA) is 56.0 Å². The SMILES string of the molecule is CC(O)CNC(C#N)(c1ccccc1)c1ccccc1. The second-order valence-electron chi connectivity index (χ2n) is 4.82. The lowest BCUT2D eigenvalue weighted by Crippen LogP contribution is -2.45. The van der Waals surface area contributed by atoms with Gasteiger partial charge in [-0.2, -0.15) is 5.26 Å². The number of nitrogens with one attached hydrogen (secondary N) is 1. The van der Waals surface area contributed by atoms with E-state index in [-0.39, 0.29) is 0 Å². The molecule has 20 heavy (non-hydrogen) atoms. The Kier molecular flexibility index (Phi) is 4.52. The van der Waals surface area contributed by atoms with Crippen molar-refractivity contribution in [3.05, 3.63) is 71.8 Å². The van der Waals surface area contributed by atoms with Gasteiger partial charge in [0.25, 0.3) is 0 Å². The van der Waals surface area contributed by atoms with Crippen LogP contribution < -0.4 is 5.32 Å². The number of rotatable bonds is 5. The number of nitrogens with zero attached hydrogens (tertiary/aromatic N) is 1. The summed E-state index contributed by atoms with van der Waals surface area (Å²) in [6, 6.07) is 21.6. The summed E-state index contributed by atoms with van der Waals surface area (Å²) < 4.78 is 0. The van der Waals surface area contributed by atoms with Gasteiger partial charge in [-0.3, -0.25) is 5.32 Å². The van der Waals surface area contributed by atoms with Gasteiger partial charge < -0.3 is 5.11 Å². The average molecular weight is 266 g/mol. The molecule has 0 spiro atoms. The van der Waals surface area contributed by atoms with Crippen molar-refractivity contribution < 1.29 is 5.11 Å². The number of benzene rings is 2. The number of hydrogen-bond acceptors (Lipinski definition) is 3. The van der Waals surface area contributed by atoms with Crippen LogP contribution >= 0.6 is 0 Å². The summed E-state index contributed by atoms with van der Waals surface area (Å²) in [5.74, 6) is 0. The highest BCUT2D eigenvalue weighted by Gasteiger charge is 2.34. The van der Waals surface area contributed by atoms with Crippen LogP contribution in [0, 0.1) is 11.3 Å². The van der Waals surface area contributed by atoms with Gasteiger partial charge in [-0.15, -0.1) is 0 Å². The molecule has 0 fully saturated rings. The van der Waals surface area contributed by atoms with Crippen LogP contribution in [0.4, 0.5) is 0 Å². The highest BCUT2D eigenvalue weighted by molar-refractivity contribution is 5.44. The minimum absolute atomic E-state index is 0.345. The molecular weight excluding hydrogens is 248 g/mol. The van der Waals surface area contributed by atoms with Crippen molar-refractivity contribution in [2.45, 2.75) is 18.6 Å². The average Bonchev–Trinajstić information content (AvgIpc) is 2.50. The Hall–Kier alpha value is -2.15. The molecule has 102 valence electrons. The fraction of sp³-hybridized carbons (Fsp3) is 0.235. The second kappa shape index (κ2) is 6.33. The van der Waals surface area contributed by atoms with E-state index >= 15 is 0 Å². The molecule has 0 heterocycles. The molecule has 1 unspecified atom stereocenters. The zero-order valence-electron chi connectivity index (χ0n) is 11.5. The van der Waals surface area contributed by atoms with Crippen LogP contribution in [0.2, 0.25) is 0 Å². The molecule has 3 heteroatoms. The fourth-order valence-corrected chi connectivity index (χ4v) is 2.22. The van der Waals surface area contributed by atoms with Crippen molar-refractivity contribution in [3.63, 3.8) is 0 Å². The number of aliphatic hydroxyl groups is 1. The summed E-state index contributed by atoms with van der Waals surface area (Å²) in [7, 11) is 0. The first kappa shape index (κ1) is 14.3. The molecule has 0 aliphatic heterocycles. The van der Waals surface area contributed by atoms with Crippen molar-refractivity contribution in [1.82, 2.24) is 5.32 Å². The lowest BCUT2D eigenvalue weighted by molar-refractivity contribution is 0.183. The van der Waals surface area contributed by atoms with Crippen molar-refractivity contribution >= 4 is 0 Å². The van der Waals surface area contributed by atoms with Crippen LogP contribution in [-0.2, 0) is 5.54 Å². The monoisotopic (exact) mass is 266 g/mol. The van der Waals surface area contributed by atoms with E-state index in [1.807, 2.05) is 60.7 Å². The van der Waals surface area contributed by atoms with E-state index in [1.165, 1.54) is 0 Å². The lowest BCUT2D eigenvalue weighted by atomic mass is 9.84.